The average molecular weight is 300 g/mol. The number of aryl methyl sites for hydroxylation is 1. The minimum absolute atomic E-state index is 0.215. The summed E-state index contributed by atoms with van der Waals surface area (Å²) < 4.78 is 4.58. The second kappa shape index (κ2) is 9.68. The van der Waals surface area contributed by atoms with E-state index in [1.165, 1.54) is 7.11 Å². The lowest BCUT2D eigenvalue weighted by Crippen LogP contribution is -2.23. The van der Waals surface area contributed by atoms with Crippen molar-refractivity contribution in [1.29, 1.82) is 0 Å². The van der Waals surface area contributed by atoms with Gasteiger partial charge >= 0.3 is 5.97 Å². The van der Waals surface area contributed by atoms with E-state index < -0.39 is 0 Å². The van der Waals surface area contributed by atoms with Crippen molar-refractivity contribution in [3.05, 3.63) is 53.9 Å². The first-order valence-corrected chi connectivity index (χ1v) is 7.47. The Morgan fingerprint density at radius 2 is 1.95 bits per heavy atom. The maximum Gasteiger partial charge on any atom is 0.319 e. The van der Waals surface area contributed by atoms with Crippen molar-refractivity contribution in [1.82, 2.24) is 10.3 Å². The summed E-state index contributed by atoms with van der Waals surface area (Å²) in [5, 5.41) is 3.05. The fraction of sp³-hybridized carbons (Fsp3) is 0.333. The fourth-order valence-electron chi connectivity index (χ4n) is 1.95. The first kappa shape index (κ1) is 17.9. The topological polar surface area (TPSA) is 51.2 Å². The second-order valence-corrected chi connectivity index (χ2v) is 4.63. The Kier molecular flexibility index (Phi) is 7.86. The molecule has 1 heterocycles. The highest BCUT2D eigenvalue weighted by atomic mass is 16.5. The van der Waals surface area contributed by atoms with Gasteiger partial charge < -0.3 is 10.1 Å². The summed E-state index contributed by atoms with van der Waals surface area (Å²) in [5.41, 5.74) is 4.48. The third kappa shape index (κ3) is 5.66. The first-order valence-electron chi connectivity index (χ1n) is 7.47. The number of carbonyl (C=O) groups is 1. The maximum absolute atomic E-state index is 11.0. The van der Waals surface area contributed by atoms with Gasteiger partial charge in [-0.15, -0.1) is 0 Å². The van der Waals surface area contributed by atoms with Crippen molar-refractivity contribution in [2.24, 2.45) is 0 Å². The average Bonchev–Trinajstić information content (AvgIpc) is 2.57. The first-order chi connectivity index (χ1) is 10.7. The van der Waals surface area contributed by atoms with Crippen molar-refractivity contribution in [2.45, 2.75) is 27.3 Å². The Hall–Kier alpha value is -2.20. The zero-order valence-corrected chi connectivity index (χ0v) is 13.7. The highest BCUT2D eigenvalue weighted by Crippen LogP contribution is 2.20. The molecule has 0 amide bonds. The van der Waals surface area contributed by atoms with Gasteiger partial charge in [0.05, 0.1) is 13.7 Å². The number of hydrogen-bond donors (Lipinski definition) is 1. The summed E-state index contributed by atoms with van der Waals surface area (Å²) in [6, 6.07) is 10.3. The molecule has 0 saturated heterocycles. The molecule has 1 aromatic carbocycles. The number of hydrogen-bond acceptors (Lipinski definition) is 4. The van der Waals surface area contributed by atoms with Crippen LogP contribution in [0, 0.1) is 6.92 Å². The van der Waals surface area contributed by atoms with Gasteiger partial charge in [-0.05, 0) is 35.7 Å². The van der Waals surface area contributed by atoms with Crippen molar-refractivity contribution >= 4 is 5.97 Å². The molecule has 0 aliphatic heterocycles. The van der Waals surface area contributed by atoms with Crippen molar-refractivity contribution < 1.29 is 9.53 Å². The molecule has 2 rings (SSSR count). The zero-order valence-electron chi connectivity index (χ0n) is 13.7. The lowest BCUT2D eigenvalue weighted by Gasteiger charge is -2.07. The number of nitrogens with zero attached hydrogens (tertiary/aromatic N) is 1. The third-order valence-corrected chi connectivity index (χ3v) is 2.96. The van der Waals surface area contributed by atoms with Crippen LogP contribution in [0.5, 0.6) is 0 Å². The van der Waals surface area contributed by atoms with Crippen molar-refractivity contribution in [3.8, 4) is 11.1 Å². The van der Waals surface area contributed by atoms with Gasteiger partial charge in [-0.1, -0.05) is 32.0 Å². The summed E-state index contributed by atoms with van der Waals surface area (Å²) in [5.74, 6) is -0.260. The van der Waals surface area contributed by atoms with Crippen LogP contribution in [0.3, 0.4) is 0 Å². The predicted molar refractivity (Wildman–Crippen MR) is 89.5 cm³/mol. The molecule has 0 fully saturated rings. The Balaban J connectivity index is 0.00000116. The second-order valence-electron chi connectivity index (χ2n) is 4.63. The molecule has 0 spiro atoms. The van der Waals surface area contributed by atoms with Crippen LogP contribution in [0.25, 0.3) is 11.1 Å². The molecule has 0 bridgehead atoms. The van der Waals surface area contributed by atoms with Crippen LogP contribution >= 0.6 is 0 Å². The summed E-state index contributed by atoms with van der Waals surface area (Å²) in [6.45, 7) is 6.87. The standard InChI is InChI=1S/C16H18N2O2.C2H6/c1-12-6-15(10-17-8-12)14-5-3-4-13(7-14)9-18-11-16(19)20-2;1-2/h3-8,10,18H,9,11H2,1-2H3;1-2H3. The number of esters is 1. The van der Waals surface area contributed by atoms with Crippen LogP contribution in [0.1, 0.15) is 25.0 Å². The molecule has 22 heavy (non-hydrogen) atoms. The van der Waals surface area contributed by atoms with Gasteiger partial charge in [0, 0.05) is 24.5 Å². The van der Waals surface area contributed by atoms with E-state index in [9.17, 15) is 4.79 Å². The summed E-state index contributed by atoms with van der Waals surface area (Å²) >= 11 is 0. The molecule has 4 heteroatoms. The Labute approximate surface area is 132 Å². The maximum atomic E-state index is 11.0. The molecule has 4 nitrogen and oxygen atoms in total. The number of nitrogens with one attached hydrogen (secondary N) is 1. The van der Waals surface area contributed by atoms with E-state index in [4.69, 9.17) is 0 Å². The van der Waals surface area contributed by atoms with Crippen LogP contribution in [0.2, 0.25) is 0 Å². The normalized spacial score (nSPS) is 9.64. The molecule has 0 saturated carbocycles. The number of carbonyl (C=O) groups excluding carboxylic acids is 1. The van der Waals surface area contributed by atoms with Crippen LogP contribution < -0.4 is 5.32 Å². The minimum Gasteiger partial charge on any atom is -0.468 e. The monoisotopic (exact) mass is 300 g/mol. The fourth-order valence-corrected chi connectivity index (χ4v) is 1.95. The molecule has 0 aliphatic rings. The third-order valence-electron chi connectivity index (χ3n) is 2.96. The van der Waals surface area contributed by atoms with Crippen LogP contribution in [-0.4, -0.2) is 24.6 Å². The Morgan fingerprint density at radius 3 is 2.64 bits per heavy atom. The Bertz CT molecular complexity index is 597. The molecule has 1 aromatic heterocycles. The largest absolute Gasteiger partial charge is 0.468 e. The zero-order chi connectivity index (χ0) is 16.4. The quantitative estimate of drug-likeness (QED) is 0.860. The van der Waals surface area contributed by atoms with Crippen LogP contribution in [0.4, 0.5) is 0 Å². The lowest BCUT2D eigenvalue weighted by molar-refractivity contribution is -0.139. The van der Waals surface area contributed by atoms with Crippen LogP contribution in [-0.2, 0) is 16.1 Å². The number of pyridine rings is 1. The smallest absolute Gasteiger partial charge is 0.319 e. The highest BCUT2D eigenvalue weighted by Gasteiger charge is 2.02. The lowest BCUT2D eigenvalue weighted by atomic mass is 10.0. The van der Waals surface area contributed by atoms with Gasteiger partial charge in [0.25, 0.3) is 0 Å². The van der Waals surface area contributed by atoms with E-state index in [-0.39, 0.29) is 12.5 Å². The van der Waals surface area contributed by atoms with Gasteiger partial charge in [0.15, 0.2) is 0 Å². The SMILES string of the molecule is CC.COC(=O)CNCc1cccc(-c2cncc(C)c2)c1. The summed E-state index contributed by atoms with van der Waals surface area (Å²) in [6.07, 6.45) is 3.69. The van der Waals surface area contributed by atoms with E-state index in [0.29, 0.717) is 6.54 Å². The molecular formula is C18H24N2O2. The van der Waals surface area contributed by atoms with E-state index in [1.807, 2.05) is 45.3 Å². The van der Waals surface area contributed by atoms with Gasteiger partial charge in [0.1, 0.15) is 0 Å². The Morgan fingerprint density at radius 1 is 1.18 bits per heavy atom. The van der Waals surface area contributed by atoms with E-state index in [1.54, 1.807) is 0 Å². The summed E-state index contributed by atoms with van der Waals surface area (Å²) in [4.78, 5) is 15.2. The molecule has 118 valence electrons. The summed E-state index contributed by atoms with van der Waals surface area (Å²) in [7, 11) is 1.38. The molecule has 0 radical (unpaired) electrons. The molecular weight excluding hydrogens is 276 g/mol. The van der Waals surface area contributed by atoms with Gasteiger partial charge in [-0.25, -0.2) is 0 Å². The van der Waals surface area contributed by atoms with Gasteiger partial charge in [0.2, 0.25) is 0 Å². The minimum atomic E-state index is -0.260. The molecule has 0 aliphatic carbocycles. The van der Waals surface area contributed by atoms with E-state index in [0.717, 1.165) is 22.3 Å². The molecule has 2 aromatic rings. The molecule has 0 atom stereocenters. The number of methoxy groups -OCH3 is 1. The number of ether oxygens (including phenoxy) is 1. The predicted octanol–water partition coefficient (Wildman–Crippen LogP) is 3.35. The van der Waals surface area contributed by atoms with E-state index >= 15 is 0 Å². The van der Waals surface area contributed by atoms with E-state index in [2.05, 4.69) is 33.2 Å². The molecule has 0 unspecified atom stereocenters. The number of rotatable bonds is 5. The van der Waals surface area contributed by atoms with Crippen molar-refractivity contribution in [2.75, 3.05) is 13.7 Å². The van der Waals surface area contributed by atoms with Crippen molar-refractivity contribution in [3.63, 3.8) is 0 Å². The van der Waals surface area contributed by atoms with Gasteiger partial charge in [-0.3, -0.25) is 9.78 Å². The highest BCUT2D eigenvalue weighted by molar-refractivity contribution is 5.71. The van der Waals surface area contributed by atoms with Gasteiger partial charge in [-0.2, -0.15) is 0 Å². The number of aromatic nitrogens is 1. The molecule has 1 N–H and O–H groups in total. The van der Waals surface area contributed by atoms with Crippen LogP contribution in [0.15, 0.2) is 42.7 Å². The number of benzene rings is 1.